The number of nitrogens with one attached hydrogen (secondary N) is 2. The number of rotatable bonds is 3. The molecule has 0 aromatic heterocycles. The second-order valence-corrected chi connectivity index (χ2v) is 5.98. The van der Waals surface area contributed by atoms with Crippen LogP contribution < -0.4 is 15.5 Å². The maximum absolute atomic E-state index is 11.3. The zero-order valence-electron chi connectivity index (χ0n) is 13.2. The van der Waals surface area contributed by atoms with Crippen LogP contribution in [0.2, 0.25) is 5.02 Å². The maximum atomic E-state index is 11.3. The van der Waals surface area contributed by atoms with Crippen LogP contribution in [0.1, 0.15) is 12.5 Å². The number of benzene rings is 2. The summed E-state index contributed by atoms with van der Waals surface area (Å²) in [7, 11) is 1.73. The number of halogens is 1. The molecule has 2 rings (SSSR count). The first kappa shape index (κ1) is 17.2. The summed E-state index contributed by atoms with van der Waals surface area (Å²) in [6.45, 7) is 3.47. The second kappa shape index (κ2) is 7.44. The highest BCUT2D eigenvalue weighted by molar-refractivity contribution is 7.80. The minimum absolute atomic E-state index is 0.0147. The second-order valence-electron chi connectivity index (χ2n) is 5.17. The van der Waals surface area contributed by atoms with Crippen molar-refractivity contribution in [2.45, 2.75) is 13.8 Å². The molecule has 120 valence electrons. The predicted octanol–water partition coefficient (Wildman–Crippen LogP) is 4.44. The lowest BCUT2D eigenvalue weighted by Crippen LogP contribution is -2.23. The van der Waals surface area contributed by atoms with Crippen LogP contribution in [0.3, 0.4) is 0 Å². The highest BCUT2D eigenvalue weighted by atomic mass is 35.5. The van der Waals surface area contributed by atoms with Gasteiger partial charge in [-0.1, -0.05) is 17.7 Å². The zero-order valence-corrected chi connectivity index (χ0v) is 14.8. The van der Waals surface area contributed by atoms with Crippen LogP contribution in [0.4, 0.5) is 17.1 Å². The summed E-state index contributed by atoms with van der Waals surface area (Å²) in [4.78, 5) is 12.9. The highest BCUT2D eigenvalue weighted by Crippen LogP contribution is 2.21. The lowest BCUT2D eigenvalue weighted by atomic mass is 10.2. The Morgan fingerprint density at radius 2 is 1.65 bits per heavy atom. The summed E-state index contributed by atoms with van der Waals surface area (Å²) in [5, 5.41) is 7.34. The number of hydrogen-bond acceptors (Lipinski definition) is 2. The van der Waals surface area contributed by atoms with Gasteiger partial charge < -0.3 is 15.5 Å². The third-order valence-electron chi connectivity index (χ3n) is 3.41. The van der Waals surface area contributed by atoms with E-state index >= 15 is 0 Å². The van der Waals surface area contributed by atoms with Crippen molar-refractivity contribution >= 4 is 51.9 Å². The van der Waals surface area contributed by atoms with Crippen LogP contribution in [0, 0.1) is 6.92 Å². The molecule has 6 heteroatoms. The van der Waals surface area contributed by atoms with E-state index in [2.05, 4.69) is 10.6 Å². The van der Waals surface area contributed by atoms with Gasteiger partial charge in [0.1, 0.15) is 0 Å². The predicted molar refractivity (Wildman–Crippen MR) is 102 cm³/mol. The van der Waals surface area contributed by atoms with Crippen molar-refractivity contribution in [2.24, 2.45) is 0 Å². The molecule has 23 heavy (non-hydrogen) atoms. The van der Waals surface area contributed by atoms with E-state index in [4.69, 9.17) is 23.8 Å². The number of nitrogens with zero attached hydrogens (tertiary/aromatic N) is 1. The summed E-state index contributed by atoms with van der Waals surface area (Å²) in [5.74, 6) is -0.0147. The van der Waals surface area contributed by atoms with Gasteiger partial charge in [-0.3, -0.25) is 4.79 Å². The van der Waals surface area contributed by atoms with Gasteiger partial charge in [0.2, 0.25) is 5.91 Å². The first-order valence-corrected chi connectivity index (χ1v) is 7.84. The molecular formula is C17H18ClN3OS. The molecule has 2 aromatic rings. The Morgan fingerprint density at radius 3 is 2.22 bits per heavy atom. The van der Waals surface area contributed by atoms with E-state index in [1.54, 1.807) is 11.9 Å². The van der Waals surface area contributed by atoms with Crippen molar-refractivity contribution in [2.75, 3.05) is 22.6 Å². The smallest absolute Gasteiger partial charge is 0.223 e. The number of amides is 1. The van der Waals surface area contributed by atoms with Gasteiger partial charge in [-0.25, -0.2) is 0 Å². The zero-order chi connectivity index (χ0) is 17.0. The molecule has 0 saturated heterocycles. The Balaban J connectivity index is 2.00. The van der Waals surface area contributed by atoms with E-state index in [-0.39, 0.29) is 5.91 Å². The van der Waals surface area contributed by atoms with Crippen molar-refractivity contribution in [3.8, 4) is 0 Å². The van der Waals surface area contributed by atoms with Gasteiger partial charge in [0, 0.05) is 36.1 Å². The molecule has 2 N–H and O–H groups in total. The largest absolute Gasteiger partial charge is 0.332 e. The average Bonchev–Trinajstić information content (AvgIpc) is 2.51. The first-order chi connectivity index (χ1) is 10.9. The Kier molecular flexibility index (Phi) is 5.58. The van der Waals surface area contributed by atoms with E-state index < -0.39 is 0 Å². The van der Waals surface area contributed by atoms with Crippen LogP contribution in [0.25, 0.3) is 0 Å². The molecular weight excluding hydrogens is 330 g/mol. The van der Waals surface area contributed by atoms with Gasteiger partial charge in [-0.15, -0.1) is 0 Å². The summed E-state index contributed by atoms with van der Waals surface area (Å²) in [5.41, 5.74) is 3.50. The first-order valence-electron chi connectivity index (χ1n) is 7.05. The van der Waals surface area contributed by atoms with Crippen LogP contribution in [0.5, 0.6) is 0 Å². The molecule has 0 aliphatic carbocycles. The Morgan fingerprint density at radius 1 is 1.09 bits per heavy atom. The quantitative estimate of drug-likeness (QED) is 0.806. The Hall–Kier alpha value is -2.11. The van der Waals surface area contributed by atoms with Crippen molar-refractivity contribution in [3.63, 3.8) is 0 Å². The monoisotopic (exact) mass is 347 g/mol. The summed E-state index contributed by atoms with van der Waals surface area (Å²) in [6.07, 6.45) is 0. The van der Waals surface area contributed by atoms with E-state index in [0.29, 0.717) is 10.1 Å². The van der Waals surface area contributed by atoms with Crippen molar-refractivity contribution in [3.05, 3.63) is 53.1 Å². The number of aryl methyl sites for hydroxylation is 1. The van der Waals surface area contributed by atoms with Crippen LogP contribution in [-0.2, 0) is 4.79 Å². The molecule has 0 atom stereocenters. The molecule has 0 aliphatic rings. The van der Waals surface area contributed by atoms with E-state index in [0.717, 1.165) is 22.6 Å². The van der Waals surface area contributed by atoms with E-state index in [1.165, 1.54) is 6.92 Å². The molecule has 1 amide bonds. The summed E-state index contributed by atoms with van der Waals surface area (Å²) >= 11 is 11.4. The molecule has 0 saturated carbocycles. The third kappa shape index (κ3) is 4.68. The number of anilines is 3. The SMILES string of the molecule is CC(=O)N(C)c1ccc(NC(=S)Nc2ccc(C)c(Cl)c2)cc1. The van der Waals surface area contributed by atoms with Crippen LogP contribution in [-0.4, -0.2) is 18.1 Å². The van der Waals surface area contributed by atoms with E-state index in [9.17, 15) is 4.79 Å². The fourth-order valence-electron chi connectivity index (χ4n) is 1.91. The van der Waals surface area contributed by atoms with Gasteiger partial charge in [-0.2, -0.15) is 0 Å². The maximum Gasteiger partial charge on any atom is 0.223 e. The molecule has 2 aromatic carbocycles. The molecule has 0 bridgehead atoms. The van der Waals surface area contributed by atoms with Crippen LogP contribution >= 0.6 is 23.8 Å². The lowest BCUT2D eigenvalue weighted by molar-refractivity contribution is -0.116. The van der Waals surface area contributed by atoms with Gasteiger partial charge in [0.25, 0.3) is 0 Å². The number of hydrogen-bond donors (Lipinski definition) is 2. The normalized spacial score (nSPS) is 10.1. The minimum atomic E-state index is -0.0147. The topological polar surface area (TPSA) is 44.4 Å². The van der Waals surface area contributed by atoms with Gasteiger partial charge in [0.15, 0.2) is 5.11 Å². The van der Waals surface area contributed by atoms with Crippen molar-refractivity contribution in [1.29, 1.82) is 0 Å². The van der Waals surface area contributed by atoms with Gasteiger partial charge in [0.05, 0.1) is 0 Å². The van der Waals surface area contributed by atoms with E-state index in [1.807, 2.05) is 49.4 Å². The summed E-state index contributed by atoms with van der Waals surface area (Å²) < 4.78 is 0. The lowest BCUT2D eigenvalue weighted by Gasteiger charge is -2.16. The van der Waals surface area contributed by atoms with Crippen molar-refractivity contribution < 1.29 is 4.79 Å². The Labute approximate surface area is 146 Å². The number of carbonyl (C=O) groups is 1. The van der Waals surface area contributed by atoms with Crippen LogP contribution in [0.15, 0.2) is 42.5 Å². The molecule has 0 radical (unpaired) electrons. The van der Waals surface area contributed by atoms with Crippen molar-refractivity contribution in [1.82, 2.24) is 0 Å². The number of thiocarbonyl (C=S) groups is 1. The fraction of sp³-hybridized carbons (Fsp3) is 0.176. The summed E-state index contributed by atoms with van der Waals surface area (Å²) in [6, 6.07) is 13.1. The third-order valence-corrected chi connectivity index (χ3v) is 4.03. The fourth-order valence-corrected chi connectivity index (χ4v) is 2.33. The molecule has 0 fully saturated rings. The molecule has 0 aliphatic heterocycles. The molecule has 0 spiro atoms. The molecule has 0 heterocycles. The minimum Gasteiger partial charge on any atom is -0.332 e. The van der Waals surface area contributed by atoms with Gasteiger partial charge >= 0.3 is 0 Å². The van der Waals surface area contributed by atoms with Gasteiger partial charge in [-0.05, 0) is 61.1 Å². The highest BCUT2D eigenvalue weighted by Gasteiger charge is 2.06. The Bertz CT molecular complexity index is 731. The average molecular weight is 348 g/mol. The number of carbonyl (C=O) groups excluding carboxylic acids is 1. The molecule has 0 unspecified atom stereocenters. The standard InChI is InChI=1S/C17H18ClN3OS/c1-11-4-5-14(10-16(11)18)20-17(23)19-13-6-8-15(9-7-13)21(3)12(2)22/h4-10H,1-3H3,(H2,19,20,23). The molecule has 4 nitrogen and oxygen atoms in total.